The highest BCUT2D eigenvalue weighted by atomic mass is 28.3. The first-order valence-electron chi connectivity index (χ1n) is 6.72. The average Bonchev–Trinajstić information content (AvgIpc) is 2.25. The minimum Gasteiger partial charge on any atom is -0.547 e. The lowest BCUT2D eigenvalue weighted by atomic mass is 9.86. The highest BCUT2D eigenvalue weighted by Crippen LogP contribution is 2.29. The Bertz CT molecular complexity index is 447. The number of hydrogen-bond donors (Lipinski definition) is 1. The molecular formula is C15H24O3Si. The van der Waals surface area contributed by atoms with Crippen LogP contribution in [0.1, 0.15) is 38.3 Å². The van der Waals surface area contributed by atoms with Crippen LogP contribution in [0, 0.1) is 0 Å². The van der Waals surface area contributed by atoms with Gasteiger partial charge < -0.3 is 9.53 Å². The van der Waals surface area contributed by atoms with Crippen LogP contribution in [0.3, 0.4) is 0 Å². The third kappa shape index (κ3) is 5.07. The molecule has 1 aromatic carbocycles. The summed E-state index contributed by atoms with van der Waals surface area (Å²) in [5.74, 6) is 0.1000. The zero-order valence-electron chi connectivity index (χ0n) is 12.5. The van der Waals surface area contributed by atoms with E-state index in [4.69, 9.17) is 9.53 Å². The van der Waals surface area contributed by atoms with Gasteiger partial charge in [-0.25, -0.2) is 0 Å². The second kappa shape index (κ2) is 6.24. The summed E-state index contributed by atoms with van der Waals surface area (Å²) in [7, 11) is -1.20. The molecule has 1 aromatic rings. The first kappa shape index (κ1) is 15.8. The van der Waals surface area contributed by atoms with Gasteiger partial charge in [0.15, 0.2) is 0 Å². The van der Waals surface area contributed by atoms with Crippen LogP contribution < -0.4 is 4.43 Å². The van der Waals surface area contributed by atoms with E-state index in [9.17, 15) is 4.79 Å². The molecule has 0 amide bonds. The standard InChI is InChI=1S/C15H24O3Si/c1-15(2,3)12-8-6-11(7-9-14(16)17)13(10-12)18-19(4)5/h6,8,10,19H,7,9H2,1-5H3,(H,16,17). The van der Waals surface area contributed by atoms with Gasteiger partial charge in [0.1, 0.15) is 5.75 Å². The maximum atomic E-state index is 10.7. The van der Waals surface area contributed by atoms with Crippen LogP contribution in [-0.2, 0) is 16.6 Å². The second-order valence-electron chi connectivity index (χ2n) is 6.13. The van der Waals surface area contributed by atoms with Crippen LogP contribution in [-0.4, -0.2) is 20.1 Å². The van der Waals surface area contributed by atoms with Crippen molar-refractivity contribution < 1.29 is 14.3 Å². The van der Waals surface area contributed by atoms with Crippen molar-refractivity contribution in [1.29, 1.82) is 0 Å². The molecule has 0 heterocycles. The van der Waals surface area contributed by atoms with Crippen molar-refractivity contribution in [3.8, 4) is 5.75 Å². The van der Waals surface area contributed by atoms with Gasteiger partial charge in [0.2, 0.25) is 9.04 Å². The summed E-state index contributed by atoms with van der Waals surface area (Å²) in [5.41, 5.74) is 2.29. The Balaban J connectivity index is 3.05. The number of carboxylic acids is 1. The maximum absolute atomic E-state index is 10.7. The lowest BCUT2D eigenvalue weighted by Gasteiger charge is -2.22. The fourth-order valence-electron chi connectivity index (χ4n) is 1.83. The molecule has 0 fully saturated rings. The third-order valence-electron chi connectivity index (χ3n) is 2.90. The summed E-state index contributed by atoms with van der Waals surface area (Å²) >= 11 is 0. The molecular weight excluding hydrogens is 256 g/mol. The number of hydrogen-bond acceptors (Lipinski definition) is 2. The van der Waals surface area contributed by atoms with Gasteiger partial charge in [-0.1, -0.05) is 32.9 Å². The molecule has 0 bridgehead atoms. The first-order chi connectivity index (χ1) is 8.70. The maximum Gasteiger partial charge on any atom is 0.303 e. The topological polar surface area (TPSA) is 46.5 Å². The molecule has 0 saturated heterocycles. The van der Waals surface area contributed by atoms with Crippen molar-refractivity contribution in [2.75, 3.05) is 0 Å². The molecule has 0 aliphatic rings. The Labute approximate surface area is 117 Å². The number of aryl methyl sites for hydroxylation is 1. The molecule has 3 nitrogen and oxygen atoms in total. The highest BCUT2D eigenvalue weighted by molar-refractivity contribution is 6.49. The molecule has 0 atom stereocenters. The normalized spacial score (nSPS) is 11.7. The molecule has 0 aliphatic heterocycles. The molecule has 0 unspecified atom stereocenters. The molecule has 1 rings (SSSR count). The summed E-state index contributed by atoms with van der Waals surface area (Å²) in [4.78, 5) is 10.7. The van der Waals surface area contributed by atoms with Crippen LogP contribution in [0.4, 0.5) is 0 Å². The number of benzene rings is 1. The predicted molar refractivity (Wildman–Crippen MR) is 80.6 cm³/mol. The van der Waals surface area contributed by atoms with E-state index < -0.39 is 15.0 Å². The van der Waals surface area contributed by atoms with E-state index in [0.717, 1.165) is 11.3 Å². The van der Waals surface area contributed by atoms with Gasteiger partial charge in [0.05, 0.1) is 0 Å². The van der Waals surface area contributed by atoms with Gasteiger partial charge in [0.25, 0.3) is 0 Å². The number of rotatable bonds is 5. The number of carbonyl (C=O) groups is 1. The summed E-state index contributed by atoms with van der Waals surface area (Å²) < 4.78 is 5.96. The van der Waals surface area contributed by atoms with Crippen LogP contribution in [0.25, 0.3) is 0 Å². The van der Waals surface area contributed by atoms with Crippen LogP contribution in [0.15, 0.2) is 18.2 Å². The monoisotopic (exact) mass is 280 g/mol. The first-order valence-corrected chi connectivity index (χ1v) is 9.50. The second-order valence-corrected chi connectivity index (χ2v) is 8.47. The van der Waals surface area contributed by atoms with Gasteiger partial charge in [-0.3, -0.25) is 4.79 Å². The van der Waals surface area contributed by atoms with Crippen molar-refractivity contribution in [3.05, 3.63) is 29.3 Å². The van der Waals surface area contributed by atoms with Gasteiger partial charge in [-0.15, -0.1) is 0 Å². The molecule has 4 heteroatoms. The Kier molecular flexibility index (Phi) is 5.17. The van der Waals surface area contributed by atoms with Crippen LogP contribution in [0.2, 0.25) is 13.1 Å². The quantitative estimate of drug-likeness (QED) is 0.841. The van der Waals surface area contributed by atoms with E-state index in [1.165, 1.54) is 5.56 Å². The summed E-state index contributed by atoms with van der Waals surface area (Å²) in [5, 5.41) is 8.80. The van der Waals surface area contributed by atoms with Crippen molar-refractivity contribution in [1.82, 2.24) is 0 Å². The van der Waals surface area contributed by atoms with E-state index >= 15 is 0 Å². The molecule has 0 radical (unpaired) electrons. The summed E-state index contributed by atoms with van der Waals surface area (Å²) in [6, 6.07) is 6.16. The SMILES string of the molecule is C[SiH](C)Oc1cc(C(C)(C)C)ccc1CCC(=O)O. The van der Waals surface area contributed by atoms with E-state index in [1.807, 2.05) is 6.07 Å². The van der Waals surface area contributed by atoms with Crippen molar-refractivity contribution in [2.24, 2.45) is 0 Å². The summed E-state index contributed by atoms with van der Waals surface area (Å²) in [6.07, 6.45) is 0.668. The highest BCUT2D eigenvalue weighted by Gasteiger charge is 2.17. The smallest absolute Gasteiger partial charge is 0.303 e. The van der Waals surface area contributed by atoms with Crippen LogP contribution in [0.5, 0.6) is 5.75 Å². The molecule has 0 aromatic heterocycles. The lowest BCUT2D eigenvalue weighted by Crippen LogP contribution is -2.16. The van der Waals surface area contributed by atoms with Crippen molar-refractivity contribution >= 4 is 15.0 Å². The summed E-state index contributed by atoms with van der Waals surface area (Å²) in [6.45, 7) is 10.7. The fourth-order valence-corrected chi connectivity index (χ4v) is 2.56. The molecule has 1 N–H and O–H groups in total. The average molecular weight is 280 g/mol. The van der Waals surface area contributed by atoms with E-state index in [2.05, 4.69) is 46.0 Å². The largest absolute Gasteiger partial charge is 0.547 e. The Morgan fingerprint density at radius 3 is 2.42 bits per heavy atom. The molecule has 0 spiro atoms. The Morgan fingerprint density at radius 2 is 1.95 bits per heavy atom. The minimum atomic E-state index is -1.20. The Morgan fingerprint density at radius 1 is 1.32 bits per heavy atom. The van der Waals surface area contributed by atoms with Gasteiger partial charge in [-0.05, 0) is 42.1 Å². The van der Waals surface area contributed by atoms with E-state index in [0.29, 0.717) is 6.42 Å². The minimum absolute atomic E-state index is 0.0714. The van der Waals surface area contributed by atoms with Crippen molar-refractivity contribution in [2.45, 2.75) is 52.1 Å². The van der Waals surface area contributed by atoms with Crippen LogP contribution >= 0.6 is 0 Å². The third-order valence-corrected chi connectivity index (χ3v) is 3.63. The zero-order valence-corrected chi connectivity index (χ0v) is 13.6. The fraction of sp³-hybridized carbons (Fsp3) is 0.533. The molecule has 19 heavy (non-hydrogen) atoms. The van der Waals surface area contributed by atoms with Gasteiger partial charge >= 0.3 is 5.97 Å². The molecule has 0 saturated carbocycles. The number of carboxylic acid groups (broad SMARTS) is 1. The van der Waals surface area contributed by atoms with Crippen molar-refractivity contribution in [3.63, 3.8) is 0 Å². The Hall–Kier alpha value is -1.29. The van der Waals surface area contributed by atoms with E-state index in [-0.39, 0.29) is 11.8 Å². The predicted octanol–water partition coefficient (Wildman–Crippen LogP) is 3.36. The lowest BCUT2D eigenvalue weighted by molar-refractivity contribution is -0.136. The molecule has 106 valence electrons. The zero-order chi connectivity index (χ0) is 14.6. The number of aliphatic carboxylic acids is 1. The van der Waals surface area contributed by atoms with Gasteiger partial charge in [-0.2, -0.15) is 0 Å². The van der Waals surface area contributed by atoms with E-state index in [1.54, 1.807) is 0 Å². The van der Waals surface area contributed by atoms with Gasteiger partial charge in [0, 0.05) is 6.42 Å². The molecule has 0 aliphatic carbocycles.